The molecule has 0 bridgehead atoms. The van der Waals surface area contributed by atoms with Crippen LogP contribution in [0.1, 0.15) is 6.42 Å². The van der Waals surface area contributed by atoms with Gasteiger partial charge in [-0.25, -0.2) is 0 Å². The van der Waals surface area contributed by atoms with Gasteiger partial charge in [0.05, 0.1) is 0 Å². The van der Waals surface area contributed by atoms with Gasteiger partial charge in [-0.15, -0.1) is 0 Å². The minimum atomic E-state index is -1.81. The summed E-state index contributed by atoms with van der Waals surface area (Å²) in [6.45, 7) is -0.0454. The molecule has 3 amide bonds. The summed E-state index contributed by atoms with van der Waals surface area (Å²) in [5.41, 5.74) is 0. The first-order valence-corrected chi connectivity index (χ1v) is 15.6. The van der Waals surface area contributed by atoms with Gasteiger partial charge >= 0.3 is 120 Å². The van der Waals surface area contributed by atoms with Crippen LogP contribution in [0.2, 0.25) is 3.43 Å². The van der Waals surface area contributed by atoms with Crippen LogP contribution in [0.5, 0.6) is 0 Å². The monoisotopic (exact) mass is 466 g/mol. The molecule has 4 unspecified atom stereocenters. The summed E-state index contributed by atoms with van der Waals surface area (Å²) < 4.78 is 5.13. The first-order chi connectivity index (χ1) is 8.56. The van der Waals surface area contributed by atoms with E-state index in [2.05, 4.69) is 5.32 Å². The van der Waals surface area contributed by atoms with E-state index in [0.717, 1.165) is 0 Å². The second-order valence-corrected chi connectivity index (χ2v) is 12.2. The SMILES string of the molecule is O=C1NC(=O)N(C2CC(O)C(CO)O2)C[CH]1[Hg][Cl]. The third kappa shape index (κ3) is 2.80. The third-order valence-corrected chi connectivity index (χ3v) is 10.4. The van der Waals surface area contributed by atoms with Crippen molar-refractivity contribution in [2.24, 2.45) is 0 Å². The van der Waals surface area contributed by atoms with Gasteiger partial charge in [0.1, 0.15) is 0 Å². The van der Waals surface area contributed by atoms with E-state index in [1.165, 1.54) is 4.90 Å². The molecule has 2 fully saturated rings. The number of hydrogen-bond donors (Lipinski definition) is 3. The summed E-state index contributed by atoms with van der Waals surface area (Å²) in [6, 6.07) is -0.523. The molecule has 4 atom stereocenters. The molecule has 18 heavy (non-hydrogen) atoms. The van der Waals surface area contributed by atoms with Crippen molar-refractivity contribution in [2.45, 2.75) is 28.3 Å². The number of imide groups is 1. The van der Waals surface area contributed by atoms with Crippen LogP contribution in [-0.2, 0) is 32.9 Å². The average Bonchev–Trinajstić information content (AvgIpc) is 2.70. The number of urea groups is 1. The number of ether oxygens (including phenoxy) is 1. The Bertz CT molecular complexity index is 358. The van der Waals surface area contributed by atoms with Crippen molar-refractivity contribution in [3.63, 3.8) is 0 Å². The first-order valence-electron chi connectivity index (χ1n) is 5.68. The van der Waals surface area contributed by atoms with Crippen molar-refractivity contribution in [2.75, 3.05) is 13.2 Å². The predicted octanol–water partition coefficient (Wildman–Crippen LogP) is -0.969. The predicted molar refractivity (Wildman–Crippen MR) is 56.2 cm³/mol. The first kappa shape index (κ1) is 14.5. The number of halogens is 1. The molecule has 3 N–H and O–H groups in total. The van der Waals surface area contributed by atoms with Crippen molar-refractivity contribution in [3.05, 3.63) is 0 Å². The Kier molecular flexibility index (Phi) is 4.82. The van der Waals surface area contributed by atoms with E-state index in [-0.39, 0.29) is 28.9 Å². The van der Waals surface area contributed by atoms with Crippen molar-refractivity contribution in [1.82, 2.24) is 10.2 Å². The molecular formula is C9H13ClHgN2O5. The Hall–Kier alpha value is 0.0451. The van der Waals surface area contributed by atoms with Crippen LogP contribution in [0.4, 0.5) is 4.79 Å². The summed E-state index contributed by atoms with van der Waals surface area (Å²) in [7, 11) is 5.87. The van der Waals surface area contributed by atoms with Crippen molar-refractivity contribution in [3.8, 4) is 0 Å². The van der Waals surface area contributed by atoms with E-state index >= 15 is 0 Å². The second kappa shape index (κ2) is 6.00. The molecule has 7 nitrogen and oxygen atoms in total. The zero-order valence-corrected chi connectivity index (χ0v) is 15.8. The van der Waals surface area contributed by atoms with Crippen LogP contribution >= 0.6 is 8.25 Å². The number of carbonyl (C=O) groups is 2. The fraction of sp³-hybridized carbons (Fsp3) is 0.778. The number of aliphatic hydroxyl groups excluding tert-OH is 2. The van der Waals surface area contributed by atoms with E-state index in [9.17, 15) is 14.7 Å². The van der Waals surface area contributed by atoms with Gasteiger partial charge in [0, 0.05) is 0 Å². The van der Waals surface area contributed by atoms with E-state index in [4.69, 9.17) is 18.1 Å². The quantitative estimate of drug-likeness (QED) is 0.467. The average molecular weight is 465 g/mol. The maximum absolute atomic E-state index is 11.7. The van der Waals surface area contributed by atoms with Gasteiger partial charge in [-0.05, 0) is 0 Å². The number of nitrogens with zero attached hydrogens (tertiary/aromatic N) is 1. The zero-order chi connectivity index (χ0) is 13.3. The number of aliphatic hydroxyl groups is 2. The normalized spacial score (nSPS) is 36.5. The summed E-state index contributed by atoms with van der Waals surface area (Å²) in [4.78, 5) is 24.6. The van der Waals surface area contributed by atoms with Gasteiger partial charge in [0.25, 0.3) is 0 Å². The Morgan fingerprint density at radius 1 is 1.56 bits per heavy atom. The van der Waals surface area contributed by atoms with Gasteiger partial charge in [-0.2, -0.15) is 0 Å². The van der Waals surface area contributed by atoms with Crippen LogP contribution in [0.25, 0.3) is 0 Å². The van der Waals surface area contributed by atoms with Gasteiger partial charge in [-0.1, -0.05) is 0 Å². The number of carbonyl (C=O) groups excluding carboxylic acids is 2. The maximum atomic E-state index is 11.7. The van der Waals surface area contributed by atoms with Crippen molar-refractivity contribution >= 4 is 20.2 Å². The Balaban J connectivity index is 2.04. The molecule has 2 saturated heterocycles. The molecule has 0 radical (unpaired) electrons. The molecule has 9 heteroatoms. The molecule has 0 aromatic heterocycles. The Labute approximate surface area is 119 Å². The molecule has 2 aliphatic rings. The molecule has 0 aliphatic carbocycles. The molecule has 2 heterocycles. The molecule has 98 valence electrons. The standard InChI is InChI=1S/C9H13N2O5.ClH.Hg/c12-4-6-5(13)3-8(16-6)11-2-1-7(14)10-9(11)15;;/h1,5-6,8,12-13H,2-4H2,(H,10,14,15);1H;/q;;+1/p-1. The molecular weight excluding hydrogens is 452 g/mol. The van der Waals surface area contributed by atoms with Crippen LogP contribution in [0.15, 0.2) is 0 Å². The fourth-order valence-electron chi connectivity index (χ4n) is 2.12. The topological polar surface area (TPSA) is 99.1 Å². The molecule has 0 spiro atoms. The number of rotatable bonds is 3. The number of hydrogen-bond acceptors (Lipinski definition) is 5. The molecule has 0 aromatic carbocycles. The zero-order valence-electron chi connectivity index (χ0n) is 9.58. The summed E-state index contributed by atoms with van der Waals surface area (Å²) in [5, 5.41) is 20.9. The van der Waals surface area contributed by atoms with E-state index < -0.39 is 47.8 Å². The number of amides is 3. The van der Waals surface area contributed by atoms with Gasteiger partial charge < -0.3 is 0 Å². The van der Waals surface area contributed by atoms with Crippen LogP contribution in [0.3, 0.4) is 0 Å². The molecule has 2 aliphatic heterocycles. The van der Waals surface area contributed by atoms with E-state index in [1.807, 2.05) is 0 Å². The molecule has 2 rings (SSSR count). The van der Waals surface area contributed by atoms with Gasteiger partial charge in [-0.3, -0.25) is 0 Å². The van der Waals surface area contributed by atoms with E-state index in [1.54, 1.807) is 0 Å². The summed E-state index contributed by atoms with van der Waals surface area (Å²) >= 11 is -1.81. The number of nitrogens with one attached hydrogen (secondary N) is 1. The van der Waals surface area contributed by atoms with Gasteiger partial charge in [0.15, 0.2) is 0 Å². The van der Waals surface area contributed by atoms with Crippen molar-refractivity contribution in [1.29, 1.82) is 0 Å². The van der Waals surface area contributed by atoms with Crippen LogP contribution in [-0.4, -0.2) is 58.6 Å². The Morgan fingerprint density at radius 2 is 2.28 bits per heavy atom. The van der Waals surface area contributed by atoms with Gasteiger partial charge in [0.2, 0.25) is 0 Å². The fourth-order valence-corrected chi connectivity index (χ4v) is 6.61. The second-order valence-electron chi connectivity index (χ2n) is 4.41. The molecule has 0 aromatic rings. The minimum absolute atomic E-state index is 0.235. The van der Waals surface area contributed by atoms with Crippen LogP contribution in [0, 0.1) is 0 Å². The summed E-state index contributed by atoms with van der Waals surface area (Å²) in [5.74, 6) is -0.301. The van der Waals surface area contributed by atoms with Crippen molar-refractivity contribution < 1.29 is 47.9 Å². The van der Waals surface area contributed by atoms with Crippen LogP contribution < -0.4 is 5.32 Å². The van der Waals surface area contributed by atoms with E-state index in [0.29, 0.717) is 0 Å². The molecule has 0 saturated carbocycles. The third-order valence-electron chi connectivity index (χ3n) is 3.20. The summed E-state index contributed by atoms with van der Waals surface area (Å²) in [6.07, 6.45) is -1.85. The Morgan fingerprint density at radius 3 is 2.83 bits per heavy atom.